The lowest BCUT2D eigenvalue weighted by molar-refractivity contribution is -0.141. The fourth-order valence-electron chi connectivity index (χ4n) is 4.03. The van der Waals surface area contributed by atoms with E-state index in [0.29, 0.717) is 16.8 Å². The molecule has 0 saturated carbocycles. The van der Waals surface area contributed by atoms with Crippen molar-refractivity contribution in [2.45, 2.75) is 73.1 Å². The summed E-state index contributed by atoms with van der Waals surface area (Å²) < 4.78 is 5.39. The number of aryl methyl sites for hydroxylation is 2. The molecule has 7 nitrogen and oxygen atoms in total. The van der Waals surface area contributed by atoms with Crippen LogP contribution in [0.2, 0.25) is 0 Å². The van der Waals surface area contributed by atoms with E-state index < -0.39 is 23.8 Å². The van der Waals surface area contributed by atoms with E-state index in [0.717, 1.165) is 11.1 Å². The monoisotopic (exact) mass is 505 g/mol. The van der Waals surface area contributed by atoms with Gasteiger partial charge in [-0.2, -0.15) is 0 Å². The Bertz CT molecular complexity index is 1140. The van der Waals surface area contributed by atoms with Gasteiger partial charge in [-0.25, -0.2) is 4.79 Å². The molecule has 0 spiro atoms. The quantitative estimate of drug-likeness (QED) is 0.473. The van der Waals surface area contributed by atoms with Crippen LogP contribution in [-0.4, -0.2) is 41.0 Å². The van der Waals surface area contributed by atoms with Gasteiger partial charge in [-0.1, -0.05) is 50.1 Å². The fourth-order valence-corrected chi connectivity index (χ4v) is 4.03. The second kappa shape index (κ2) is 12.4. The van der Waals surface area contributed by atoms with E-state index in [1.54, 1.807) is 52.0 Å². The van der Waals surface area contributed by atoms with Crippen LogP contribution in [0.5, 0.6) is 0 Å². The summed E-state index contributed by atoms with van der Waals surface area (Å²) in [7, 11) is 0. The zero-order chi connectivity index (χ0) is 27.9. The smallest absolute Gasteiger partial charge is 0.408 e. The van der Waals surface area contributed by atoms with Crippen molar-refractivity contribution in [3.05, 3.63) is 64.7 Å². The van der Waals surface area contributed by atoms with Gasteiger partial charge >= 0.3 is 6.09 Å². The lowest BCUT2D eigenvalue weighted by Crippen LogP contribution is -2.54. The molecule has 0 heterocycles. The van der Waals surface area contributed by atoms with Gasteiger partial charge in [-0.05, 0) is 76.3 Å². The third-order valence-electron chi connectivity index (χ3n) is 5.91. The first-order chi connectivity index (χ1) is 17.3. The number of nitrogens with zero attached hydrogens (tertiary/aromatic N) is 1. The normalized spacial score (nSPS) is 12.8. The molecular weight excluding hydrogens is 466 g/mol. The van der Waals surface area contributed by atoms with Crippen molar-refractivity contribution in [3.63, 3.8) is 0 Å². The van der Waals surface area contributed by atoms with Gasteiger partial charge < -0.3 is 20.3 Å². The molecule has 2 atom stereocenters. The Kier molecular flexibility index (Phi) is 9.90. The zero-order valence-electron chi connectivity index (χ0n) is 23.1. The topological polar surface area (TPSA) is 87.7 Å². The van der Waals surface area contributed by atoms with Gasteiger partial charge in [0.2, 0.25) is 5.91 Å². The average molecular weight is 506 g/mol. The van der Waals surface area contributed by atoms with E-state index in [2.05, 4.69) is 16.6 Å². The number of carbonyl (C=O) groups is 3. The van der Waals surface area contributed by atoms with Crippen molar-refractivity contribution in [3.8, 4) is 12.3 Å². The van der Waals surface area contributed by atoms with Crippen LogP contribution in [0.3, 0.4) is 0 Å². The molecule has 37 heavy (non-hydrogen) atoms. The van der Waals surface area contributed by atoms with Crippen LogP contribution in [0.4, 0.5) is 10.5 Å². The number of rotatable bonds is 8. The minimum atomic E-state index is -0.954. The Balaban J connectivity index is 2.50. The van der Waals surface area contributed by atoms with Crippen molar-refractivity contribution in [2.24, 2.45) is 5.92 Å². The summed E-state index contributed by atoms with van der Waals surface area (Å²) in [5, 5.41) is 5.74. The molecule has 0 bridgehead atoms. The zero-order valence-corrected chi connectivity index (χ0v) is 23.1. The first kappa shape index (κ1) is 29.4. The number of amides is 3. The van der Waals surface area contributed by atoms with Gasteiger partial charge in [0.1, 0.15) is 17.7 Å². The van der Waals surface area contributed by atoms with Crippen molar-refractivity contribution in [2.75, 3.05) is 11.9 Å². The highest BCUT2D eigenvalue weighted by Gasteiger charge is 2.37. The number of carbonyl (C=O) groups excluding carboxylic acids is 3. The number of nitrogens with one attached hydrogen (secondary N) is 2. The standard InChI is InChI=1S/C30H39N3O4/c1-10-22-15-17-23(18-16-22)26(27(34)31-25-20(5)13-12-14-21(25)6)33(11-2)28(35)24(19(3)4)32-29(36)37-30(7,8)9/h1,12-19,24,26H,11H2,2-9H3,(H,31,34)(H,32,36). The highest BCUT2D eigenvalue weighted by Crippen LogP contribution is 2.27. The molecule has 0 fully saturated rings. The Morgan fingerprint density at radius 3 is 2.05 bits per heavy atom. The first-order valence-corrected chi connectivity index (χ1v) is 12.5. The molecule has 0 radical (unpaired) electrons. The molecule has 0 aliphatic carbocycles. The van der Waals surface area contributed by atoms with Crippen LogP contribution in [0, 0.1) is 32.1 Å². The van der Waals surface area contributed by atoms with Crippen LogP contribution in [0.25, 0.3) is 0 Å². The van der Waals surface area contributed by atoms with E-state index in [-0.39, 0.29) is 24.3 Å². The van der Waals surface area contributed by atoms with Crippen LogP contribution in [0.15, 0.2) is 42.5 Å². The number of hydrogen-bond acceptors (Lipinski definition) is 4. The highest BCUT2D eigenvalue weighted by atomic mass is 16.6. The van der Waals surface area contributed by atoms with Crippen molar-refractivity contribution in [1.29, 1.82) is 0 Å². The predicted molar refractivity (Wildman–Crippen MR) is 147 cm³/mol. The van der Waals surface area contributed by atoms with E-state index >= 15 is 0 Å². The number of benzene rings is 2. The van der Waals surface area contributed by atoms with Crippen molar-refractivity contribution < 1.29 is 19.1 Å². The van der Waals surface area contributed by atoms with Crippen LogP contribution >= 0.6 is 0 Å². The fraction of sp³-hybridized carbons (Fsp3) is 0.433. The second-order valence-corrected chi connectivity index (χ2v) is 10.4. The lowest BCUT2D eigenvalue weighted by Gasteiger charge is -2.35. The van der Waals surface area contributed by atoms with Gasteiger partial charge in [0, 0.05) is 17.8 Å². The SMILES string of the molecule is C#Cc1ccc(C(C(=O)Nc2c(C)cccc2C)N(CC)C(=O)C(NC(=O)OC(C)(C)C)C(C)C)cc1. The number of hydrogen-bond donors (Lipinski definition) is 2. The number of anilines is 1. The molecule has 2 aromatic rings. The Labute approximate surface area is 221 Å². The van der Waals surface area contributed by atoms with Gasteiger partial charge in [-0.3, -0.25) is 9.59 Å². The summed E-state index contributed by atoms with van der Waals surface area (Å²) in [6.07, 6.45) is 4.83. The largest absolute Gasteiger partial charge is 0.444 e. The van der Waals surface area contributed by atoms with Crippen molar-refractivity contribution in [1.82, 2.24) is 10.2 Å². The van der Waals surface area contributed by atoms with E-state index in [1.807, 2.05) is 45.9 Å². The maximum atomic E-state index is 13.9. The summed E-state index contributed by atoms with van der Waals surface area (Å²) in [5.41, 5.74) is 3.09. The summed E-state index contributed by atoms with van der Waals surface area (Å²) in [6, 6.07) is 10.9. The number of para-hydroxylation sites is 1. The third kappa shape index (κ3) is 7.85. The van der Waals surface area contributed by atoms with Crippen molar-refractivity contribution >= 4 is 23.6 Å². The molecular formula is C30H39N3O4. The molecule has 0 aliphatic heterocycles. The predicted octanol–water partition coefficient (Wildman–Crippen LogP) is 5.36. The molecule has 3 amide bonds. The molecule has 2 rings (SSSR count). The Morgan fingerprint density at radius 2 is 1.59 bits per heavy atom. The summed E-state index contributed by atoms with van der Waals surface area (Å²) in [4.78, 5) is 41.7. The molecule has 2 aromatic carbocycles. The number of likely N-dealkylation sites (N-methyl/N-ethyl adjacent to an activating group) is 1. The van der Waals surface area contributed by atoms with Crippen LogP contribution in [-0.2, 0) is 14.3 Å². The van der Waals surface area contributed by atoms with Gasteiger partial charge in [0.25, 0.3) is 5.91 Å². The summed E-state index contributed by atoms with van der Waals surface area (Å²) in [5.74, 6) is 1.58. The highest BCUT2D eigenvalue weighted by molar-refractivity contribution is 6.00. The molecule has 198 valence electrons. The lowest BCUT2D eigenvalue weighted by atomic mass is 9.98. The molecule has 0 saturated heterocycles. The van der Waals surface area contributed by atoms with E-state index in [1.165, 1.54) is 4.90 Å². The number of ether oxygens (including phenoxy) is 1. The number of terminal acetylenes is 1. The maximum Gasteiger partial charge on any atom is 0.408 e. The minimum absolute atomic E-state index is 0.236. The maximum absolute atomic E-state index is 13.9. The number of alkyl carbamates (subject to hydrolysis) is 1. The van der Waals surface area contributed by atoms with E-state index in [9.17, 15) is 14.4 Å². The Hall–Kier alpha value is -3.79. The molecule has 0 aromatic heterocycles. The first-order valence-electron chi connectivity index (χ1n) is 12.5. The molecule has 0 aliphatic rings. The average Bonchev–Trinajstić information content (AvgIpc) is 2.81. The third-order valence-corrected chi connectivity index (χ3v) is 5.91. The minimum Gasteiger partial charge on any atom is -0.444 e. The molecule has 2 N–H and O–H groups in total. The van der Waals surface area contributed by atoms with E-state index in [4.69, 9.17) is 11.2 Å². The summed E-state index contributed by atoms with van der Waals surface area (Å²) in [6.45, 7) is 14.8. The van der Waals surface area contributed by atoms with Crippen LogP contribution in [0.1, 0.15) is 69.8 Å². The van der Waals surface area contributed by atoms with Gasteiger partial charge in [-0.15, -0.1) is 6.42 Å². The second-order valence-electron chi connectivity index (χ2n) is 10.4. The molecule has 7 heteroatoms. The Morgan fingerprint density at radius 1 is 1.03 bits per heavy atom. The van der Waals surface area contributed by atoms with Gasteiger partial charge in [0.15, 0.2) is 0 Å². The van der Waals surface area contributed by atoms with Gasteiger partial charge in [0.05, 0.1) is 0 Å². The molecule has 2 unspecified atom stereocenters. The summed E-state index contributed by atoms with van der Waals surface area (Å²) >= 11 is 0. The van der Waals surface area contributed by atoms with Crippen LogP contribution < -0.4 is 10.6 Å².